The van der Waals surface area contributed by atoms with Gasteiger partial charge >= 0.3 is 6.18 Å². The Morgan fingerprint density at radius 2 is 1.94 bits per heavy atom. The van der Waals surface area contributed by atoms with Crippen LogP contribution >= 0.6 is 15.9 Å². The van der Waals surface area contributed by atoms with Gasteiger partial charge in [0.1, 0.15) is 10.5 Å². The molecule has 0 atom stereocenters. The van der Waals surface area contributed by atoms with Crippen LogP contribution < -0.4 is 0 Å². The van der Waals surface area contributed by atoms with Crippen LogP contribution in [0.4, 0.5) is 13.2 Å². The summed E-state index contributed by atoms with van der Waals surface area (Å²) >= 11 is 2.83. The second-order valence-corrected chi connectivity index (χ2v) is 6.92. The lowest BCUT2D eigenvalue weighted by atomic mass is 10.4. The molecule has 18 heavy (non-hydrogen) atoms. The van der Waals surface area contributed by atoms with Crippen molar-refractivity contribution >= 4 is 26.0 Å². The lowest BCUT2D eigenvalue weighted by molar-refractivity contribution is -0.147. The summed E-state index contributed by atoms with van der Waals surface area (Å²) in [6, 6.07) is 0. The molecule has 0 spiro atoms. The van der Waals surface area contributed by atoms with Gasteiger partial charge in [0.2, 0.25) is 15.8 Å². The van der Waals surface area contributed by atoms with Crippen LogP contribution in [0.15, 0.2) is 0 Å². The van der Waals surface area contributed by atoms with Crippen LogP contribution in [0.3, 0.4) is 0 Å². The van der Waals surface area contributed by atoms with Crippen molar-refractivity contribution in [1.29, 1.82) is 0 Å². The van der Waals surface area contributed by atoms with Crippen molar-refractivity contribution in [3.05, 3.63) is 11.6 Å². The zero-order valence-corrected chi connectivity index (χ0v) is 11.3. The van der Waals surface area contributed by atoms with E-state index in [0.717, 1.165) is 8.87 Å². The van der Waals surface area contributed by atoms with Gasteiger partial charge < -0.3 is 4.57 Å². The molecular weight excluding hydrogens is 341 g/mol. The molecule has 0 radical (unpaired) electrons. The van der Waals surface area contributed by atoms with Gasteiger partial charge in [0.15, 0.2) is 0 Å². The van der Waals surface area contributed by atoms with E-state index in [1.165, 1.54) is 0 Å². The maximum Gasteiger partial charge on any atom is 0.451 e. The molecule has 1 aromatic rings. The zero-order chi connectivity index (χ0) is 13.6. The average Bonchev–Trinajstić information content (AvgIpc) is 2.71. The lowest BCUT2D eigenvalue weighted by Crippen LogP contribution is -2.39. The van der Waals surface area contributed by atoms with E-state index >= 15 is 0 Å². The lowest BCUT2D eigenvalue weighted by Gasteiger charge is -2.26. The SMILES string of the molecule is O=S(=O)(CBr)N1CCn2c(nnc2C(F)(F)F)C1. The van der Waals surface area contributed by atoms with Crippen LogP contribution in [0, 0.1) is 0 Å². The van der Waals surface area contributed by atoms with Crippen LogP contribution in [0.2, 0.25) is 0 Å². The molecule has 1 aliphatic heterocycles. The van der Waals surface area contributed by atoms with Gasteiger partial charge in [-0.1, -0.05) is 15.9 Å². The molecule has 0 N–H and O–H groups in total. The van der Waals surface area contributed by atoms with Crippen LogP contribution in [0.5, 0.6) is 0 Å². The Bertz CT molecular complexity index is 556. The number of nitrogens with zero attached hydrogens (tertiary/aromatic N) is 4. The fourth-order valence-corrected chi connectivity index (χ4v) is 3.33. The van der Waals surface area contributed by atoms with Gasteiger partial charge in [0.25, 0.3) is 0 Å². The first-order chi connectivity index (χ1) is 8.25. The Morgan fingerprint density at radius 1 is 1.28 bits per heavy atom. The van der Waals surface area contributed by atoms with Gasteiger partial charge in [0, 0.05) is 13.1 Å². The Labute approximate surface area is 109 Å². The van der Waals surface area contributed by atoms with E-state index in [0.29, 0.717) is 0 Å². The average molecular weight is 349 g/mol. The Kier molecular flexibility index (Phi) is 3.40. The largest absolute Gasteiger partial charge is 0.451 e. The van der Waals surface area contributed by atoms with Crippen molar-refractivity contribution in [2.24, 2.45) is 0 Å². The van der Waals surface area contributed by atoms with Crippen LogP contribution in [-0.4, -0.2) is 38.7 Å². The summed E-state index contributed by atoms with van der Waals surface area (Å²) in [4.78, 5) is 0. The molecule has 2 heterocycles. The number of sulfonamides is 1. The van der Waals surface area contributed by atoms with E-state index < -0.39 is 22.0 Å². The third kappa shape index (κ3) is 2.38. The van der Waals surface area contributed by atoms with Crippen molar-refractivity contribution in [3.8, 4) is 0 Å². The van der Waals surface area contributed by atoms with Crippen LogP contribution in [0.25, 0.3) is 0 Å². The normalized spacial score (nSPS) is 17.8. The second kappa shape index (κ2) is 4.46. The number of aromatic nitrogens is 3. The Balaban J connectivity index is 2.31. The number of hydrogen-bond acceptors (Lipinski definition) is 4. The molecule has 0 saturated heterocycles. The van der Waals surface area contributed by atoms with Crippen molar-refractivity contribution in [2.45, 2.75) is 19.3 Å². The van der Waals surface area contributed by atoms with E-state index in [2.05, 4.69) is 26.1 Å². The predicted octanol–water partition coefficient (Wildman–Crippen LogP) is 0.795. The van der Waals surface area contributed by atoms with Crippen molar-refractivity contribution in [1.82, 2.24) is 19.1 Å². The van der Waals surface area contributed by atoms with Gasteiger partial charge in [-0.3, -0.25) is 0 Å². The quantitative estimate of drug-likeness (QED) is 0.741. The highest BCUT2D eigenvalue weighted by Crippen LogP contribution is 2.29. The van der Waals surface area contributed by atoms with Gasteiger partial charge in [-0.15, -0.1) is 10.2 Å². The summed E-state index contributed by atoms with van der Waals surface area (Å²) in [6.45, 7) is -0.331. The molecule has 6 nitrogen and oxygen atoms in total. The second-order valence-electron chi connectivity index (χ2n) is 3.64. The highest BCUT2D eigenvalue weighted by atomic mass is 79.9. The first kappa shape index (κ1) is 13.7. The Morgan fingerprint density at radius 3 is 2.50 bits per heavy atom. The highest BCUT2D eigenvalue weighted by molar-refractivity contribution is 9.10. The molecule has 1 aliphatic rings. The molecule has 0 amide bonds. The molecule has 0 fully saturated rings. The molecule has 0 unspecified atom stereocenters. The minimum absolute atomic E-state index is 0.00176. The maximum atomic E-state index is 12.5. The van der Waals surface area contributed by atoms with Crippen molar-refractivity contribution < 1.29 is 21.6 Å². The fraction of sp³-hybridized carbons (Fsp3) is 0.714. The molecule has 0 saturated carbocycles. The predicted molar refractivity (Wildman–Crippen MR) is 58.1 cm³/mol. The van der Waals surface area contributed by atoms with Gasteiger partial charge in [-0.2, -0.15) is 17.5 Å². The summed E-state index contributed by atoms with van der Waals surface area (Å²) in [5.41, 5.74) is 0. The number of fused-ring (bicyclic) bond motifs is 1. The maximum absolute atomic E-state index is 12.5. The molecular formula is C7H8BrF3N4O2S. The summed E-state index contributed by atoms with van der Waals surface area (Å²) in [7, 11) is -3.50. The molecule has 1 aromatic heterocycles. The molecule has 0 aromatic carbocycles. The van der Waals surface area contributed by atoms with Crippen molar-refractivity contribution in [3.63, 3.8) is 0 Å². The summed E-state index contributed by atoms with van der Waals surface area (Å²) in [5, 5.41) is 6.46. The molecule has 102 valence electrons. The van der Waals surface area contributed by atoms with E-state index in [1.807, 2.05) is 0 Å². The summed E-state index contributed by atoms with van der Waals surface area (Å²) < 4.78 is 62.5. The number of halogens is 4. The van der Waals surface area contributed by atoms with Crippen molar-refractivity contribution in [2.75, 3.05) is 11.2 Å². The van der Waals surface area contributed by atoms with E-state index in [-0.39, 0.29) is 30.1 Å². The molecule has 0 bridgehead atoms. The monoisotopic (exact) mass is 348 g/mol. The molecule has 2 rings (SSSR count). The molecule has 11 heteroatoms. The van der Waals surface area contributed by atoms with E-state index in [9.17, 15) is 21.6 Å². The standard InChI is InChI=1S/C7H8BrF3N4O2S/c8-4-18(16,17)14-1-2-15-5(3-14)12-13-6(15)7(9,10)11/h1-4H2. The molecule has 0 aliphatic carbocycles. The third-order valence-electron chi connectivity index (χ3n) is 2.50. The fourth-order valence-electron chi connectivity index (χ4n) is 1.65. The minimum Gasteiger partial charge on any atom is -0.305 e. The van der Waals surface area contributed by atoms with Gasteiger partial charge in [0.05, 0.1) is 6.54 Å². The van der Waals surface area contributed by atoms with E-state index in [4.69, 9.17) is 0 Å². The van der Waals surface area contributed by atoms with Gasteiger partial charge in [-0.05, 0) is 0 Å². The van der Waals surface area contributed by atoms with Crippen LogP contribution in [-0.2, 0) is 29.3 Å². The Hall–Kier alpha value is -0.680. The van der Waals surface area contributed by atoms with Crippen LogP contribution in [0.1, 0.15) is 11.6 Å². The highest BCUT2D eigenvalue weighted by Gasteiger charge is 2.40. The third-order valence-corrected chi connectivity index (χ3v) is 5.61. The van der Waals surface area contributed by atoms with E-state index in [1.54, 1.807) is 0 Å². The first-order valence-electron chi connectivity index (χ1n) is 4.79. The topological polar surface area (TPSA) is 68.1 Å². The first-order valence-corrected chi connectivity index (χ1v) is 7.52. The zero-order valence-electron chi connectivity index (χ0n) is 8.85. The summed E-state index contributed by atoms with van der Waals surface area (Å²) in [6.07, 6.45) is -4.58. The number of rotatable bonds is 2. The smallest absolute Gasteiger partial charge is 0.305 e. The number of hydrogen-bond donors (Lipinski definition) is 0. The minimum atomic E-state index is -4.58. The van der Waals surface area contributed by atoms with Gasteiger partial charge in [-0.25, -0.2) is 8.42 Å². The number of alkyl halides is 4. The summed E-state index contributed by atoms with van der Waals surface area (Å²) in [5.74, 6) is -1.09.